The van der Waals surface area contributed by atoms with Crippen LogP contribution in [0.1, 0.15) is 13.3 Å². The number of benzene rings is 1. The van der Waals surface area contributed by atoms with Gasteiger partial charge < -0.3 is 10.1 Å². The molecule has 2 aromatic rings. The van der Waals surface area contributed by atoms with Gasteiger partial charge >= 0.3 is 6.03 Å². The van der Waals surface area contributed by atoms with E-state index in [9.17, 15) is 14.4 Å². The molecule has 3 amide bonds. The van der Waals surface area contributed by atoms with Crippen LogP contribution in [0.4, 0.5) is 4.79 Å². The van der Waals surface area contributed by atoms with Crippen molar-refractivity contribution in [2.75, 3.05) is 26.0 Å². The number of aromatic nitrogens is 2. The van der Waals surface area contributed by atoms with Crippen LogP contribution < -0.4 is 16.2 Å². The standard InChI is InChI=1S/C17H21BrN4O4S/c1-3-26-8-4-7-22-15(24)12-9-11(18)5-6-13(12)20-17(22)27-10-14(23)21-16(25)19-2/h5-6,9H,3-4,7-8,10H2,1-2H3,(H2,19,21,23,25). The highest BCUT2D eigenvalue weighted by Gasteiger charge is 2.14. The van der Waals surface area contributed by atoms with Crippen molar-refractivity contribution in [3.8, 4) is 0 Å². The molecule has 2 rings (SSSR count). The van der Waals surface area contributed by atoms with Crippen LogP contribution in [0.2, 0.25) is 0 Å². The minimum atomic E-state index is -0.578. The lowest BCUT2D eigenvalue weighted by Crippen LogP contribution is -2.38. The van der Waals surface area contributed by atoms with Gasteiger partial charge in [-0.15, -0.1) is 0 Å². The van der Waals surface area contributed by atoms with Crippen LogP contribution in [0.3, 0.4) is 0 Å². The van der Waals surface area contributed by atoms with Crippen molar-refractivity contribution in [2.24, 2.45) is 0 Å². The van der Waals surface area contributed by atoms with E-state index in [1.165, 1.54) is 7.05 Å². The van der Waals surface area contributed by atoms with Gasteiger partial charge in [0.15, 0.2) is 5.16 Å². The van der Waals surface area contributed by atoms with Gasteiger partial charge in [-0.25, -0.2) is 9.78 Å². The van der Waals surface area contributed by atoms with Gasteiger partial charge in [0.1, 0.15) is 0 Å². The van der Waals surface area contributed by atoms with Crippen molar-refractivity contribution in [1.82, 2.24) is 20.2 Å². The number of urea groups is 1. The Bertz CT molecular complexity index is 887. The Hall–Kier alpha value is -1.91. The number of rotatable bonds is 8. The summed E-state index contributed by atoms with van der Waals surface area (Å²) in [7, 11) is 1.43. The lowest BCUT2D eigenvalue weighted by atomic mass is 10.2. The summed E-state index contributed by atoms with van der Waals surface area (Å²) in [4.78, 5) is 40.5. The summed E-state index contributed by atoms with van der Waals surface area (Å²) in [6.07, 6.45) is 0.646. The van der Waals surface area contributed by atoms with Gasteiger partial charge in [0.05, 0.1) is 16.7 Å². The molecule has 27 heavy (non-hydrogen) atoms. The second-order valence-electron chi connectivity index (χ2n) is 5.48. The fourth-order valence-electron chi connectivity index (χ4n) is 2.30. The first kappa shape index (κ1) is 21.4. The quantitative estimate of drug-likeness (QED) is 0.358. The van der Waals surface area contributed by atoms with Crippen molar-refractivity contribution < 1.29 is 14.3 Å². The molecule has 0 unspecified atom stereocenters. The molecule has 10 heteroatoms. The number of halogens is 1. The highest BCUT2D eigenvalue weighted by Crippen LogP contribution is 2.20. The lowest BCUT2D eigenvalue weighted by molar-refractivity contribution is -0.117. The van der Waals surface area contributed by atoms with Crippen LogP contribution in [-0.4, -0.2) is 47.5 Å². The van der Waals surface area contributed by atoms with E-state index in [4.69, 9.17) is 4.74 Å². The maximum absolute atomic E-state index is 12.9. The van der Waals surface area contributed by atoms with Gasteiger partial charge in [0.25, 0.3) is 5.56 Å². The van der Waals surface area contributed by atoms with Gasteiger partial charge in [0.2, 0.25) is 5.91 Å². The molecule has 0 saturated carbocycles. The summed E-state index contributed by atoms with van der Waals surface area (Å²) in [5, 5.41) is 5.43. The molecule has 0 fully saturated rings. The zero-order chi connectivity index (χ0) is 19.8. The predicted octanol–water partition coefficient (Wildman–Crippen LogP) is 2.13. The number of amides is 3. The second kappa shape index (κ2) is 10.4. The third-order valence-corrected chi connectivity index (χ3v) is 5.04. The first-order valence-electron chi connectivity index (χ1n) is 8.38. The topological polar surface area (TPSA) is 102 Å². The number of carbonyl (C=O) groups excluding carboxylic acids is 2. The average molecular weight is 457 g/mol. The number of ether oxygens (including phenoxy) is 1. The average Bonchev–Trinajstić information content (AvgIpc) is 2.65. The van der Waals surface area contributed by atoms with Crippen molar-refractivity contribution in [3.63, 3.8) is 0 Å². The zero-order valence-corrected chi connectivity index (χ0v) is 17.5. The number of thioether (sulfide) groups is 1. The van der Waals surface area contributed by atoms with Gasteiger partial charge in [-0.1, -0.05) is 27.7 Å². The summed E-state index contributed by atoms with van der Waals surface area (Å²) in [6, 6.07) is 4.71. The highest BCUT2D eigenvalue weighted by molar-refractivity contribution is 9.10. The van der Waals surface area contributed by atoms with Crippen LogP contribution in [0.25, 0.3) is 10.9 Å². The number of nitrogens with one attached hydrogen (secondary N) is 2. The Kier molecular flexibility index (Phi) is 8.26. The normalized spacial score (nSPS) is 10.8. The van der Waals surface area contributed by atoms with E-state index in [0.717, 1.165) is 16.2 Å². The van der Waals surface area contributed by atoms with Crippen LogP contribution in [0.15, 0.2) is 32.6 Å². The van der Waals surface area contributed by atoms with Gasteiger partial charge in [-0.3, -0.25) is 19.5 Å². The number of nitrogens with zero attached hydrogens (tertiary/aromatic N) is 2. The fourth-order valence-corrected chi connectivity index (χ4v) is 3.49. The van der Waals surface area contributed by atoms with Crippen molar-refractivity contribution in [2.45, 2.75) is 25.0 Å². The van der Waals surface area contributed by atoms with Gasteiger partial charge in [-0.2, -0.15) is 0 Å². The Morgan fingerprint density at radius 2 is 2.15 bits per heavy atom. The predicted molar refractivity (Wildman–Crippen MR) is 108 cm³/mol. The summed E-state index contributed by atoms with van der Waals surface area (Å²) >= 11 is 4.48. The monoisotopic (exact) mass is 456 g/mol. The second-order valence-corrected chi connectivity index (χ2v) is 7.34. The van der Waals surface area contributed by atoms with E-state index in [-0.39, 0.29) is 11.3 Å². The summed E-state index contributed by atoms with van der Waals surface area (Å²) < 4.78 is 7.68. The van der Waals surface area contributed by atoms with Crippen molar-refractivity contribution >= 4 is 50.5 Å². The van der Waals surface area contributed by atoms with Gasteiger partial charge in [-0.05, 0) is 31.5 Å². The molecule has 0 atom stereocenters. The first-order chi connectivity index (χ1) is 13.0. The first-order valence-corrected chi connectivity index (χ1v) is 10.2. The third kappa shape index (κ3) is 6.05. The largest absolute Gasteiger partial charge is 0.382 e. The molecule has 0 aliphatic heterocycles. The van der Waals surface area contributed by atoms with E-state index in [2.05, 4.69) is 31.5 Å². The van der Waals surface area contributed by atoms with E-state index < -0.39 is 11.9 Å². The molecule has 8 nitrogen and oxygen atoms in total. The molecular formula is C17H21BrN4O4S. The zero-order valence-electron chi connectivity index (χ0n) is 15.1. The molecule has 0 aliphatic carbocycles. The molecule has 146 valence electrons. The summed E-state index contributed by atoms with van der Waals surface area (Å²) in [5.74, 6) is -0.502. The van der Waals surface area contributed by atoms with Crippen LogP contribution >= 0.6 is 27.7 Å². The smallest absolute Gasteiger partial charge is 0.321 e. The fraction of sp³-hybridized carbons (Fsp3) is 0.412. The Labute approximate surface area is 169 Å². The van der Waals surface area contributed by atoms with E-state index >= 15 is 0 Å². The Balaban J connectivity index is 2.28. The van der Waals surface area contributed by atoms with E-state index in [0.29, 0.717) is 42.2 Å². The van der Waals surface area contributed by atoms with Crippen LogP contribution in [-0.2, 0) is 16.1 Å². The minimum absolute atomic E-state index is 0.0344. The molecule has 1 aromatic carbocycles. The van der Waals surface area contributed by atoms with Gasteiger partial charge in [0, 0.05) is 31.3 Å². The molecule has 0 aliphatic rings. The van der Waals surface area contributed by atoms with E-state index in [1.54, 1.807) is 22.8 Å². The summed E-state index contributed by atoms with van der Waals surface area (Å²) in [6.45, 7) is 3.47. The Morgan fingerprint density at radius 3 is 2.85 bits per heavy atom. The number of carbonyl (C=O) groups is 2. The molecule has 0 saturated heterocycles. The number of hydrogen-bond acceptors (Lipinski definition) is 6. The number of fused-ring (bicyclic) bond motifs is 1. The molecule has 1 aromatic heterocycles. The molecule has 1 heterocycles. The third-order valence-electron chi connectivity index (χ3n) is 3.57. The highest BCUT2D eigenvalue weighted by atomic mass is 79.9. The molecule has 2 N–H and O–H groups in total. The summed E-state index contributed by atoms with van der Waals surface area (Å²) in [5.41, 5.74) is 0.380. The maximum atomic E-state index is 12.9. The Morgan fingerprint density at radius 1 is 1.37 bits per heavy atom. The SMILES string of the molecule is CCOCCCn1c(SCC(=O)NC(=O)NC)nc2ccc(Br)cc2c1=O. The van der Waals surface area contributed by atoms with Crippen molar-refractivity contribution in [3.05, 3.63) is 33.0 Å². The maximum Gasteiger partial charge on any atom is 0.321 e. The molecule has 0 spiro atoms. The van der Waals surface area contributed by atoms with Crippen LogP contribution in [0.5, 0.6) is 0 Å². The van der Waals surface area contributed by atoms with Crippen molar-refractivity contribution in [1.29, 1.82) is 0 Å². The van der Waals surface area contributed by atoms with Crippen LogP contribution in [0, 0.1) is 0 Å². The van der Waals surface area contributed by atoms with E-state index in [1.807, 2.05) is 6.92 Å². The molecular weight excluding hydrogens is 436 g/mol. The molecule has 0 radical (unpaired) electrons. The number of imide groups is 1. The lowest BCUT2D eigenvalue weighted by Gasteiger charge is -2.13. The molecule has 0 bridgehead atoms. The minimum Gasteiger partial charge on any atom is -0.382 e. The number of hydrogen-bond donors (Lipinski definition) is 2.